The molecule has 0 saturated heterocycles. The SMILES string of the molecule is CN(C)c1ccc2c3c(cccc13)C(=O)N(CC[C@@H](NC(=O)OCC1c3ccccc3-c3ccccc31)C(=O)O)C2=O. The van der Waals surface area contributed by atoms with Gasteiger partial charge in [0.25, 0.3) is 11.8 Å². The minimum Gasteiger partial charge on any atom is -0.480 e. The van der Waals surface area contributed by atoms with Gasteiger partial charge >= 0.3 is 12.1 Å². The number of nitrogens with zero attached hydrogens (tertiary/aromatic N) is 2. The van der Waals surface area contributed by atoms with Crippen molar-refractivity contribution >= 4 is 40.3 Å². The summed E-state index contributed by atoms with van der Waals surface area (Å²) in [6, 6.07) is 23.3. The summed E-state index contributed by atoms with van der Waals surface area (Å²) >= 11 is 0. The molecule has 4 aromatic rings. The number of alkyl carbamates (subject to hydrolysis) is 1. The number of fused-ring (bicyclic) bond motifs is 3. The van der Waals surface area contributed by atoms with Gasteiger partial charge in [0.1, 0.15) is 12.6 Å². The van der Waals surface area contributed by atoms with Crippen molar-refractivity contribution < 1.29 is 29.0 Å². The van der Waals surface area contributed by atoms with Crippen LogP contribution in [0.25, 0.3) is 21.9 Å². The molecule has 9 nitrogen and oxygen atoms in total. The number of anilines is 1. The van der Waals surface area contributed by atoms with E-state index in [9.17, 15) is 24.3 Å². The second kappa shape index (κ2) is 10.7. The highest BCUT2D eigenvalue weighted by Gasteiger charge is 2.35. The van der Waals surface area contributed by atoms with Crippen LogP contribution in [0.15, 0.2) is 78.9 Å². The number of carboxylic acids is 1. The average molecular weight is 564 g/mol. The molecule has 0 fully saturated rings. The summed E-state index contributed by atoms with van der Waals surface area (Å²) < 4.78 is 5.51. The highest BCUT2D eigenvalue weighted by Crippen LogP contribution is 2.44. The number of nitrogens with one attached hydrogen (secondary N) is 1. The van der Waals surface area contributed by atoms with Crippen LogP contribution >= 0.6 is 0 Å². The Kier molecular flexibility index (Phi) is 6.86. The first kappa shape index (κ1) is 27.0. The Morgan fingerprint density at radius 3 is 2.07 bits per heavy atom. The van der Waals surface area contributed by atoms with Crippen molar-refractivity contribution in [2.45, 2.75) is 18.4 Å². The predicted molar refractivity (Wildman–Crippen MR) is 158 cm³/mol. The molecule has 4 aromatic carbocycles. The van der Waals surface area contributed by atoms with Gasteiger partial charge in [-0.05, 0) is 46.9 Å². The van der Waals surface area contributed by atoms with Crippen LogP contribution in [0.4, 0.5) is 10.5 Å². The summed E-state index contributed by atoms with van der Waals surface area (Å²) in [6.07, 6.45) is -1.06. The van der Waals surface area contributed by atoms with E-state index in [0.717, 1.165) is 38.2 Å². The van der Waals surface area contributed by atoms with Crippen molar-refractivity contribution in [1.82, 2.24) is 10.2 Å². The van der Waals surface area contributed by atoms with Crippen molar-refractivity contribution in [3.8, 4) is 11.1 Å². The number of carbonyl (C=O) groups excluding carboxylic acids is 3. The fraction of sp³-hybridized carbons (Fsp3) is 0.212. The number of amides is 3. The minimum atomic E-state index is -1.37. The van der Waals surface area contributed by atoms with E-state index >= 15 is 0 Å². The summed E-state index contributed by atoms with van der Waals surface area (Å²) in [5.74, 6) is -2.47. The lowest BCUT2D eigenvalue weighted by Crippen LogP contribution is -2.46. The Labute approximate surface area is 242 Å². The summed E-state index contributed by atoms with van der Waals surface area (Å²) in [4.78, 5) is 54.5. The Morgan fingerprint density at radius 1 is 0.857 bits per heavy atom. The van der Waals surface area contributed by atoms with Gasteiger partial charge in [-0.15, -0.1) is 0 Å². The zero-order chi connectivity index (χ0) is 29.5. The van der Waals surface area contributed by atoms with Crippen LogP contribution < -0.4 is 10.2 Å². The zero-order valence-corrected chi connectivity index (χ0v) is 23.2. The maximum absolute atomic E-state index is 13.4. The van der Waals surface area contributed by atoms with Crippen LogP contribution in [0.5, 0.6) is 0 Å². The maximum Gasteiger partial charge on any atom is 0.407 e. The second-order valence-corrected chi connectivity index (χ2v) is 10.7. The van der Waals surface area contributed by atoms with Crippen molar-refractivity contribution in [3.05, 3.63) is 101 Å². The normalized spacial score (nSPS) is 14.4. The predicted octanol–water partition coefficient (Wildman–Crippen LogP) is 4.88. The number of hydrogen-bond donors (Lipinski definition) is 2. The Hall–Kier alpha value is -5.18. The first-order valence-corrected chi connectivity index (χ1v) is 13.7. The number of carboxylic acid groups (broad SMARTS) is 1. The first-order valence-electron chi connectivity index (χ1n) is 13.7. The van der Waals surface area contributed by atoms with Gasteiger partial charge in [0.2, 0.25) is 0 Å². The summed E-state index contributed by atoms with van der Waals surface area (Å²) in [5.41, 5.74) is 5.87. The van der Waals surface area contributed by atoms with E-state index in [0.29, 0.717) is 16.5 Å². The van der Waals surface area contributed by atoms with E-state index in [1.54, 1.807) is 18.2 Å². The molecule has 1 aliphatic heterocycles. The molecule has 0 unspecified atom stereocenters. The van der Waals surface area contributed by atoms with Crippen molar-refractivity contribution in [2.24, 2.45) is 0 Å². The summed E-state index contributed by atoms with van der Waals surface area (Å²) in [5, 5.41) is 13.6. The third kappa shape index (κ3) is 4.52. The smallest absolute Gasteiger partial charge is 0.407 e. The molecule has 0 spiro atoms. The number of benzene rings is 4. The topological polar surface area (TPSA) is 116 Å². The standard InChI is InChI=1S/C33H29N3O6/c1-35(2)28-15-14-25-29-23(28)12-7-13-24(29)30(37)36(31(25)38)17-16-27(32(39)40)34-33(41)42-18-26-21-10-5-3-8-19(21)20-9-4-6-11-22(20)26/h3-15,26-27H,16-18H2,1-2H3,(H,34,41)(H,39,40)/t27-/m1/s1. The molecule has 212 valence electrons. The third-order valence-electron chi connectivity index (χ3n) is 8.03. The van der Waals surface area contributed by atoms with Gasteiger partial charge in [-0.3, -0.25) is 14.5 Å². The zero-order valence-electron chi connectivity index (χ0n) is 23.2. The molecule has 9 heteroatoms. The first-order chi connectivity index (χ1) is 20.3. The molecule has 3 amide bonds. The van der Waals surface area contributed by atoms with Crippen LogP contribution in [0, 0.1) is 0 Å². The van der Waals surface area contributed by atoms with Gasteiger partial charge in [-0.1, -0.05) is 60.7 Å². The maximum atomic E-state index is 13.4. The van der Waals surface area contributed by atoms with Gasteiger partial charge < -0.3 is 20.1 Å². The molecule has 2 N–H and O–H groups in total. The number of imide groups is 1. The van der Waals surface area contributed by atoms with E-state index in [1.165, 1.54) is 0 Å². The van der Waals surface area contributed by atoms with E-state index in [1.807, 2.05) is 79.7 Å². The van der Waals surface area contributed by atoms with Crippen molar-refractivity contribution in [2.75, 3.05) is 32.1 Å². The van der Waals surface area contributed by atoms with E-state index in [4.69, 9.17) is 4.74 Å². The molecule has 42 heavy (non-hydrogen) atoms. The van der Waals surface area contributed by atoms with Gasteiger partial charge in [-0.2, -0.15) is 0 Å². The highest BCUT2D eigenvalue weighted by molar-refractivity contribution is 6.26. The van der Waals surface area contributed by atoms with Crippen LogP contribution in [-0.4, -0.2) is 67.2 Å². The van der Waals surface area contributed by atoms with Gasteiger partial charge in [0, 0.05) is 54.1 Å². The molecule has 2 aliphatic rings. The number of carbonyl (C=O) groups is 4. The number of rotatable bonds is 8. The van der Waals surface area contributed by atoms with Crippen LogP contribution in [0.3, 0.4) is 0 Å². The quantitative estimate of drug-likeness (QED) is 0.294. The molecular weight excluding hydrogens is 534 g/mol. The lowest BCUT2D eigenvalue weighted by Gasteiger charge is -2.29. The molecule has 0 radical (unpaired) electrons. The fourth-order valence-electron chi connectivity index (χ4n) is 6.02. The molecule has 0 aromatic heterocycles. The van der Waals surface area contributed by atoms with Crippen molar-refractivity contribution in [3.63, 3.8) is 0 Å². The van der Waals surface area contributed by atoms with E-state index < -0.39 is 29.9 Å². The van der Waals surface area contributed by atoms with Crippen molar-refractivity contribution in [1.29, 1.82) is 0 Å². The largest absolute Gasteiger partial charge is 0.480 e. The fourth-order valence-corrected chi connectivity index (χ4v) is 6.02. The number of ether oxygens (including phenoxy) is 1. The monoisotopic (exact) mass is 563 g/mol. The lowest BCUT2D eigenvalue weighted by atomic mass is 9.92. The molecule has 6 rings (SSSR count). The molecule has 1 atom stereocenters. The van der Waals surface area contributed by atoms with Gasteiger partial charge in [0.15, 0.2) is 0 Å². The molecule has 0 saturated carbocycles. The molecule has 1 aliphatic carbocycles. The van der Waals surface area contributed by atoms with E-state index in [2.05, 4.69) is 5.32 Å². The number of hydrogen-bond acceptors (Lipinski definition) is 6. The highest BCUT2D eigenvalue weighted by atomic mass is 16.5. The number of aliphatic carboxylic acids is 1. The summed E-state index contributed by atoms with van der Waals surface area (Å²) in [6.45, 7) is -0.158. The van der Waals surface area contributed by atoms with Gasteiger partial charge in [-0.25, -0.2) is 9.59 Å². The van der Waals surface area contributed by atoms with Crippen LogP contribution in [-0.2, 0) is 9.53 Å². The van der Waals surface area contributed by atoms with Crippen LogP contribution in [0.1, 0.15) is 44.2 Å². The third-order valence-corrected chi connectivity index (χ3v) is 8.03. The second-order valence-electron chi connectivity index (χ2n) is 10.7. The lowest BCUT2D eigenvalue weighted by molar-refractivity contribution is -0.139. The Bertz CT molecular complexity index is 1700. The summed E-state index contributed by atoms with van der Waals surface area (Å²) in [7, 11) is 3.77. The molecular formula is C33H29N3O6. The van der Waals surface area contributed by atoms with Crippen LogP contribution in [0.2, 0.25) is 0 Å². The average Bonchev–Trinajstić information content (AvgIpc) is 3.31. The van der Waals surface area contributed by atoms with E-state index in [-0.39, 0.29) is 25.5 Å². The Morgan fingerprint density at radius 2 is 1.45 bits per heavy atom. The minimum absolute atomic E-state index is 0.0328. The molecule has 1 heterocycles. The Balaban J connectivity index is 1.14. The molecule has 0 bridgehead atoms. The van der Waals surface area contributed by atoms with Gasteiger partial charge in [0.05, 0.1) is 0 Å².